The SMILES string of the molecule is Cc1cccc(Nc2nc3ccncc3c3cc(C(=O)O)nn23)c1. The van der Waals surface area contributed by atoms with E-state index in [1.165, 1.54) is 10.6 Å². The molecule has 4 rings (SSSR count). The number of nitrogens with one attached hydrogen (secondary N) is 1. The minimum Gasteiger partial charge on any atom is -0.476 e. The summed E-state index contributed by atoms with van der Waals surface area (Å²) >= 11 is 0. The summed E-state index contributed by atoms with van der Waals surface area (Å²) in [7, 11) is 0. The van der Waals surface area contributed by atoms with Gasteiger partial charge >= 0.3 is 5.97 Å². The number of pyridine rings is 1. The zero-order chi connectivity index (χ0) is 16.7. The van der Waals surface area contributed by atoms with E-state index in [9.17, 15) is 9.90 Å². The lowest BCUT2D eigenvalue weighted by atomic mass is 10.2. The molecule has 3 heterocycles. The molecule has 0 saturated carbocycles. The van der Waals surface area contributed by atoms with Gasteiger partial charge in [0.05, 0.1) is 11.0 Å². The maximum absolute atomic E-state index is 11.3. The van der Waals surface area contributed by atoms with Crippen molar-refractivity contribution in [3.8, 4) is 0 Å². The Morgan fingerprint density at radius 2 is 2.12 bits per heavy atom. The van der Waals surface area contributed by atoms with Crippen molar-refractivity contribution in [3.05, 3.63) is 60.0 Å². The Bertz CT molecular complexity index is 1090. The fourth-order valence-corrected chi connectivity index (χ4v) is 2.62. The van der Waals surface area contributed by atoms with Gasteiger partial charge in [-0.2, -0.15) is 9.61 Å². The average molecular weight is 319 g/mol. The van der Waals surface area contributed by atoms with Crippen LogP contribution in [0.3, 0.4) is 0 Å². The van der Waals surface area contributed by atoms with Crippen LogP contribution in [0.2, 0.25) is 0 Å². The minimum atomic E-state index is -1.09. The van der Waals surface area contributed by atoms with E-state index in [4.69, 9.17) is 0 Å². The van der Waals surface area contributed by atoms with E-state index in [1.807, 2.05) is 31.2 Å². The molecule has 0 radical (unpaired) electrons. The fourth-order valence-electron chi connectivity index (χ4n) is 2.62. The predicted octanol–water partition coefficient (Wildman–Crippen LogP) is 3.03. The highest BCUT2D eigenvalue weighted by molar-refractivity contribution is 5.97. The van der Waals surface area contributed by atoms with Gasteiger partial charge in [-0.15, -0.1) is 0 Å². The molecule has 2 N–H and O–H groups in total. The highest BCUT2D eigenvalue weighted by Crippen LogP contribution is 2.24. The van der Waals surface area contributed by atoms with Crippen LogP contribution in [0.15, 0.2) is 48.8 Å². The summed E-state index contributed by atoms with van der Waals surface area (Å²) in [5, 5.41) is 17.3. The van der Waals surface area contributed by atoms with Crippen molar-refractivity contribution in [1.29, 1.82) is 0 Å². The molecule has 3 aromatic heterocycles. The van der Waals surface area contributed by atoms with Gasteiger partial charge in [0.2, 0.25) is 5.95 Å². The fraction of sp³-hybridized carbons (Fsp3) is 0.0588. The second kappa shape index (κ2) is 5.31. The zero-order valence-electron chi connectivity index (χ0n) is 12.8. The molecule has 0 spiro atoms. The molecule has 0 amide bonds. The smallest absolute Gasteiger partial charge is 0.356 e. The average Bonchev–Trinajstić information content (AvgIpc) is 3.01. The van der Waals surface area contributed by atoms with E-state index in [0.717, 1.165) is 16.6 Å². The van der Waals surface area contributed by atoms with Crippen LogP contribution < -0.4 is 5.32 Å². The number of hydrogen-bond acceptors (Lipinski definition) is 5. The van der Waals surface area contributed by atoms with Crippen LogP contribution >= 0.6 is 0 Å². The van der Waals surface area contributed by atoms with Crippen LogP contribution in [0.5, 0.6) is 0 Å². The first kappa shape index (κ1) is 14.1. The normalized spacial score (nSPS) is 11.0. The van der Waals surface area contributed by atoms with Crippen LogP contribution in [-0.4, -0.2) is 30.7 Å². The molecule has 0 aliphatic rings. The summed E-state index contributed by atoms with van der Waals surface area (Å²) in [5.74, 6) is -0.640. The largest absolute Gasteiger partial charge is 0.476 e. The highest BCUT2D eigenvalue weighted by atomic mass is 16.4. The Labute approximate surface area is 136 Å². The number of carboxylic acids is 1. The molecule has 0 aliphatic carbocycles. The van der Waals surface area contributed by atoms with E-state index in [0.29, 0.717) is 17.0 Å². The molecule has 0 bridgehead atoms. The first-order valence-corrected chi connectivity index (χ1v) is 7.32. The minimum absolute atomic E-state index is 0.0413. The third-order valence-corrected chi connectivity index (χ3v) is 3.70. The second-order valence-electron chi connectivity index (χ2n) is 5.45. The number of anilines is 2. The number of rotatable bonds is 3. The molecular weight excluding hydrogens is 306 g/mol. The lowest BCUT2D eigenvalue weighted by Crippen LogP contribution is -2.05. The number of aryl methyl sites for hydroxylation is 1. The van der Waals surface area contributed by atoms with E-state index >= 15 is 0 Å². The van der Waals surface area contributed by atoms with Crippen molar-refractivity contribution in [1.82, 2.24) is 19.6 Å². The summed E-state index contributed by atoms with van der Waals surface area (Å²) in [5.41, 5.74) is 3.27. The molecule has 0 atom stereocenters. The van der Waals surface area contributed by atoms with Crippen molar-refractivity contribution in [2.45, 2.75) is 6.92 Å². The lowest BCUT2D eigenvalue weighted by molar-refractivity contribution is 0.0690. The monoisotopic (exact) mass is 319 g/mol. The van der Waals surface area contributed by atoms with Crippen molar-refractivity contribution < 1.29 is 9.90 Å². The molecule has 0 saturated heterocycles. The van der Waals surface area contributed by atoms with Crippen LogP contribution in [0.1, 0.15) is 16.1 Å². The van der Waals surface area contributed by atoms with Crippen molar-refractivity contribution >= 4 is 34.0 Å². The van der Waals surface area contributed by atoms with E-state index in [-0.39, 0.29) is 5.69 Å². The topological polar surface area (TPSA) is 92.4 Å². The molecule has 0 unspecified atom stereocenters. The summed E-state index contributed by atoms with van der Waals surface area (Å²) in [4.78, 5) is 19.9. The first-order valence-electron chi connectivity index (χ1n) is 7.32. The molecule has 118 valence electrons. The maximum Gasteiger partial charge on any atom is 0.356 e. The molecule has 0 aliphatic heterocycles. The Morgan fingerprint density at radius 3 is 2.92 bits per heavy atom. The van der Waals surface area contributed by atoms with Crippen LogP contribution in [0.4, 0.5) is 11.6 Å². The van der Waals surface area contributed by atoms with Gasteiger partial charge in [-0.05, 0) is 36.8 Å². The van der Waals surface area contributed by atoms with Crippen LogP contribution in [0.25, 0.3) is 16.4 Å². The van der Waals surface area contributed by atoms with Crippen molar-refractivity contribution in [3.63, 3.8) is 0 Å². The Morgan fingerprint density at radius 1 is 1.25 bits per heavy atom. The Hall–Kier alpha value is -3.48. The first-order chi connectivity index (χ1) is 11.6. The second-order valence-corrected chi connectivity index (χ2v) is 5.45. The molecular formula is C17H13N5O2. The van der Waals surface area contributed by atoms with Gasteiger partial charge in [0.1, 0.15) is 0 Å². The summed E-state index contributed by atoms with van der Waals surface area (Å²) in [6, 6.07) is 11.1. The van der Waals surface area contributed by atoms with Crippen molar-refractivity contribution in [2.24, 2.45) is 0 Å². The summed E-state index contributed by atoms with van der Waals surface area (Å²) < 4.78 is 1.50. The van der Waals surface area contributed by atoms with Gasteiger partial charge < -0.3 is 10.4 Å². The Kier molecular flexibility index (Phi) is 3.13. The number of aromatic carboxylic acids is 1. The molecule has 7 heteroatoms. The van der Waals surface area contributed by atoms with Gasteiger partial charge in [0.25, 0.3) is 0 Å². The molecule has 7 nitrogen and oxygen atoms in total. The van der Waals surface area contributed by atoms with Crippen LogP contribution in [0, 0.1) is 6.92 Å². The van der Waals surface area contributed by atoms with E-state index in [1.54, 1.807) is 18.5 Å². The maximum atomic E-state index is 11.3. The number of fused-ring (bicyclic) bond motifs is 3. The number of aromatic nitrogens is 4. The molecule has 1 aromatic carbocycles. The van der Waals surface area contributed by atoms with Gasteiger partial charge in [0, 0.05) is 23.5 Å². The quantitative estimate of drug-likeness (QED) is 0.603. The number of carbonyl (C=O) groups is 1. The highest BCUT2D eigenvalue weighted by Gasteiger charge is 2.15. The third-order valence-electron chi connectivity index (χ3n) is 3.70. The number of nitrogens with zero attached hydrogens (tertiary/aromatic N) is 4. The van der Waals surface area contributed by atoms with E-state index in [2.05, 4.69) is 20.4 Å². The van der Waals surface area contributed by atoms with Gasteiger partial charge in [-0.1, -0.05) is 12.1 Å². The third kappa shape index (κ3) is 2.32. The number of benzene rings is 1. The number of carboxylic acid groups (broad SMARTS) is 1. The Balaban J connectivity index is 1.96. The number of hydrogen-bond donors (Lipinski definition) is 2. The van der Waals surface area contributed by atoms with Gasteiger partial charge in [0.15, 0.2) is 5.69 Å². The summed E-state index contributed by atoms with van der Waals surface area (Å²) in [6.45, 7) is 2.00. The zero-order valence-corrected chi connectivity index (χ0v) is 12.8. The summed E-state index contributed by atoms with van der Waals surface area (Å²) in [6.07, 6.45) is 3.30. The molecule has 4 aromatic rings. The molecule has 24 heavy (non-hydrogen) atoms. The predicted molar refractivity (Wildman–Crippen MR) is 89.7 cm³/mol. The van der Waals surface area contributed by atoms with Crippen LogP contribution in [-0.2, 0) is 0 Å². The van der Waals surface area contributed by atoms with Gasteiger partial charge in [-0.3, -0.25) is 4.98 Å². The standard InChI is InChI=1S/C17H13N5O2/c1-10-3-2-4-11(7-10)19-17-20-13-5-6-18-9-12(13)15-8-14(16(23)24)21-22(15)17/h2-9H,1H3,(H,19,20)(H,23,24). The van der Waals surface area contributed by atoms with E-state index < -0.39 is 5.97 Å². The lowest BCUT2D eigenvalue weighted by Gasteiger charge is -2.10. The van der Waals surface area contributed by atoms with Crippen molar-refractivity contribution in [2.75, 3.05) is 5.32 Å². The van der Waals surface area contributed by atoms with Gasteiger partial charge in [-0.25, -0.2) is 9.78 Å². The molecule has 0 fully saturated rings.